The van der Waals surface area contributed by atoms with E-state index in [0.29, 0.717) is 11.8 Å². The van der Waals surface area contributed by atoms with Gasteiger partial charge < -0.3 is 9.47 Å². The van der Waals surface area contributed by atoms with Crippen molar-refractivity contribution in [2.45, 2.75) is 111 Å². The maximum atomic E-state index is 11.2. The number of carbonyl (C=O) groups is 1. The first-order chi connectivity index (χ1) is 17.9. The second-order valence-corrected chi connectivity index (χ2v) is 13.4. The summed E-state index contributed by atoms with van der Waals surface area (Å²) in [6, 6.07) is 10.3. The van der Waals surface area contributed by atoms with Crippen LogP contribution in [0.5, 0.6) is 5.75 Å². The summed E-state index contributed by atoms with van der Waals surface area (Å²) in [7, 11) is 1.38. The van der Waals surface area contributed by atoms with E-state index in [0.717, 1.165) is 24.3 Å². The summed E-state index contributed by atoms with van der Waals surface area (Å²) in [5.74, 6) is 1.77. The van der Waals surface area contributed by atoms with Gasteiger partial charge in [-0.15, -0.1) is 11.3 Å². The first-order valence-electron chi connectivity index (χ1n) is 14.5. The number of methoxy groups -OCH3 is 1. The van der Waals surface area contributed by atoms with E-state index in [2.05, 4.69) is 77.5 Å². The minimum atomic E-state index is -0.351. The van der Waals surface area contributed by atoms with E-state index in [-0.39, 0.29) is 16.8 Å². The Hall–Kier alpha value is -2.07. The second-order valence-electron chi connectivity index (χ2n) is 12.4. The average Bonchev–Trinajstić information content (AvgIpc) is 3.32. The Kier molecular flexibility index (Phi) is 12.6. The van der Waals surface area contributed by atoms with Crippen LogP contribution in [0.25, 0.3) is 6.08 Å². The Bertz CT molecular complexity index is 1010. The van der Waals surface area contributed by atoms with Crippen molar-refractivity contribution in [1.29, 1.82) is 0 Å². The zero-order valence-electron chi connectivity index (χ0n) is 25.5. The van der Waals surface area contributed by atoms with Gasteiger partial charge in [-0.25, -0.2) is 4.79 Å². The van der Waals surface area contributed by atoms with Crippen LogP contribution < -0.4 is 4.74 Å². The van der Waals surface area contributed by atoms with Gasteiger partial charge in [0.1, 0.15) is 5.75 Å². The maximum Gasteiger partial charge on any atom is 0.330 e. The van der Waals surface area contributed by atoms with Crippen molar-refractivity contribution in [3.63, 3.8) is 0 Å². The smallest absolute Gasteiger partial charge is 0.330 e. The van der Waals surface area contributed by atoms with E-state index in [1.54, 1.807) is 21.4 Å². The van der Waals surface area contributed by atoms with Gasteiger partial charge in [0, 0.05) is 26.7 Å². The molecular weight excluding hydrogens is 488 g/mol. The fourth-order valence-corrected chi connectivity index (χ4v) is 5.96. The molecule has 0 bridgehead atoms. The van der Waals surface area contributed by atoms with Crippen molar-refractivity contribution in [3.05, 3.63) is 57.3 Å². The number of carbonyl (C=O) groups excluding carboxylic acids is 1. The Balaban J connectivity index is 1.74. The van der Waals surface area contributed by atoms with E-state index < -0.39 is 0 Å². The van der Waals surface area contributed by atoms with Crippen molar-refractivity contribution >= 4 is 23.4 Å². The quantitative estimate of drug-likeness (QED) is 0.121. The number of rotatable bonds is 16. The summed E-state index contributed by atoms with van der Waals surface area (Å²) >= 11 is 2.07. The molecule has 38 heavy (non-hydrogen) atoms. The molecule has 1 heterocycles. The number of hydrogen-bond donors (Lipinski definition) is 0. The molecule has 0 N–H and O–H groups in total. The number of ether oxygens (including phenoxy) is 2. The topological polar surface area (TPSA) is 35.5 Å². The summed E-state index contributed by atoms with van der Waals surface area (Å²) in [5, 5.41) is 0. The number of aryl methyl sites for hydroxylation is 1. The van der Waals surface area contributed by atoms with Gasteiger partial charge in [-0.3, -0.25) is 0 Å². The minimum Gasteiger partial charge on any atom is -0.494 e. The van der Waals surface area contributed by atoms with Crippen LogP contribution in [0.2, 0.25) is 0 Å². The van der Waals surface area contributed by atoms with Gasteiger partial charge in [-0.2, -0.15) is 0 Å². The Morgan fingerprint density at radius 3 is 2.03 bits per heavy atom. The van der Waals surface area contributed by atoms with Crippen LogP contribution >= 0.6 is 11.3 Å². The van der Waals surface area contributed by atoms with E-state index in [9.17, 15) is 4.79 Å². The summed E-state index contributed by atoms with van der Waals surface area (Å²) in [4.78, 5) is 14.4. The molecule has 212 valence electrons. The van der Waals surface area contributed by atoms with Gasteiger partial charge in [0.25, 0.3) is 0 Å². The van der Waals surface area contributed by atoms with Gasteiger partial charge in [-0.05, 0) is 66.5 Å². The molecule has 3 nitrogen and oxygen atoms in total. The lowest BCUT2D eigenvalue weighted by Gasteiger charge is -2.30. The third kappa shape index (κ3) is 9.29. The van der Waals surface area contributed by atoms with Crippen LogP contribution in [0.3, 0.4) is 0 Å². The third-order valence-corrected chi connectivity index (χ3v) is 10.4. The standard InChI is InChI=1S/C34H52O3S/c1-25(2)33(5,6)30-24-28(32(38-30)34(7,8)26(3)4)16-14-12-10-11-13-15-23-37-29-20-17-27(18-21-29)19-22-31(35)36-9/h17-22,24-26H,10-16,23H2,1-9H3/b22-19+. The highest BCUT2D eigenvalue weighted by molar-refractivity contribution is 7.12. The molecule has 0 aliphatic heterocycles. The summed E-state index contributed by atoms with van der Waals surface area (Å²) < 4.78 is 10.5. The molecule has 0 aliphatic carbocycles. The highest BCUT2D eigenvalue weighted by Gasteiger charge is 2.33. The molecule has 0 atom stereocenters. The Morgan fingerprint density at radius 1 is 0.868 bits per heavy atom. The lowest BCUT2D eigenvalue weighted by molar-refractivity contribution is -0.134. The van der Waals surface area contributed by atoms with Crippen LogP contribution in [0.1, 0.15) is 115 Å². The molecule has 0 spiro atoms. The van der Waals surface area contributed by atoms with Crippen molar-refractivity contribution < 1.29 is 14.3 Å². The first-order valence-corrected chi connectivity index (χ1v) is 15.3. The van der Waals surface area contributed by atoms with Crippen LogP contribution in [-0.4, -0.2) is 19.7 Å². The summed E-state index contributed by atoms with van der Waals surface area (Å²) in [6.07, 6.45) is 11.8. The van der Waals surface area contributed by atoms with Gasteiger partial charge in [0.15, 0.2) is 0 Å². The minimum absolute atomic E-state index is 0.214. The van der Waals surface area contributed by atoms with Crippen molar-refractivity contribution in [2.75, 3.05) is 13.7 Å². The fourth-order valence-electron chi connectivity index (χ4n) is 4.25. The molecule has 1 aromatic heterocycles. The lowest BCUT2D eigenvalue weighted by Crippen LogP contribution is -2.24. The third-order valence-electron chi connectivity index (χ3n) is 8.52. The van der Waals surface area contributed by atoms with Crippen molar-refractivity contribution in [3.8, 4) is 5.75 Å². The summed E-state index contributed by atoms with van der Waals surface area (Å²) in [5.41, 5.74) is 2.98. The second kappa shape index (κ2) is 14.9. The Labute approximate surface area is 237 Å². The number of unbranched alkanes of at least 4 members (excludes halogenated alkanes) is 5. The molecule has 0 saturated heterocycles. The van der Waals surface area contributed by atoms with E-state index in [1.807, 2.05) is 24.3 Å². The van der Waals surface area contributed by atoms with Crippen LogP contribution in [0.4, 0.5) is 0 Å². The predicted molar refractivity (Wildman–Crippen MR) is 164 cm³/mol. The number of thiophene rings is 1. The molecular formula is C34H52O3S. The molecule has 1 aromatic carbocycles. The zero-order chi connectivity index (χ0) is 28.3. The van der Waals surface area contributed by atoms with Gasteiger partial charge in [0.05, 0.1) is 13.7 Å². The lowest BCUT2D eigenvalue weighted by atomic mass is 9.77. The number of hydrogen-bond acceptors (Lipinski definition) is 4. The SMILES string of the molecule is COC(=O)/C=C/c1ccc(OCCCCCCCCc2cc(C(C)(C)C(C)C)sc2C(C)(C)C(C)C)cc1. The molecule has 2 rings (SSSR count). The van der Waals surface area contributed by atoms with E-state index in [4.69, 9.17) is 4.74 Å². The van der Waals surface area contributed by atoms with Crippen LogP contribution in [0.15, 0.2) is 36.4 Å². The molecule has 0 amide bonds. The molecule has 0 saturated carbocycles. The highest BCUT2D eigenvalue weighted by atomic mass is 32.1. The van der Waals surface area contributed by atoms with Crippen molar-refractivity contribution in [2.24, 2.45) is 11.8 Å². The van der Waals surface area contributed by atoms with Crippen LogP contribution in [-0.2, 0) is 26.8 Å². The number of benzene rings is 1. The molecule has 0 unspecified atom stereocenters. The average molecular weight is 541 g/mol. The Morgan fingerprint density at radius 2 is 1.45 bits per heavy atom. The molecule has 0 fully saturated rings. The van der Waals surface area contributed by atoms with Crippen molar-refractivity contribution in [1.82, 2.24) is 0 Å². The van der Waals surface area contributed by atoms with Gasteiger partial charge >= 0.3 is 5.97 Å². The molecule has 4 heteroatoms. The fraction of sp³-hybridized carbons (Fsp3) is 0.618. The maximum absolute atomic E-state index is 11.2. The van der Waals surface area contributed by atoms with Crippen LogP contribution in [0, 0.1) is 11.8 Å². The largest absolute Gasteiger partial charge is 0.494 e. The molecule has 0 radical (unpaired) electrons. The monoisotopic (exact) mass is 540 g/mol. The normalized spacial score (nSPS) is 12.6. The van der Waals surface area contributed by atoms with E-state index >= 15 is 0 Å². The predicted octanol–water partition coefficient (Wildman–Crippen LogP) is 9.76. The first kappa shape index (κ1) is 32.1. The molecule has 0 aliphatic rings. The van der Waals surface area contributed by atoms with Gasteiger partial charge in [-0.1, -0.05) is 93.2 Å². The molecule has 2 aromatic rings. The highest BCUT2D eigenvalue weighted by Crippen LogP contribution is 2.44. The zero-order valence-corrected chi connectivity index (χ0v) is 26.3. The van der Waals surface area contributed by atoms with E-state index in [1.165, 1.54) is 51.7 Å². The summed E-state index contributed by atoms with van der Waals surface area (Å²) in [6.45, 7) is 19.8. The number of esters is 1. The van der Waals surface area contributed by atoms with Gasteiger partial charge in [0.2, 0.25) is 0 Å².